The molecule has 0 spiro atoms. The highest BCUT2D eigenvalue weighted by atomic mass is 16.5. The molecule has 0 N–H and O–H groups in total. The van der Waals surface area contributed by atoms with E-state index in [2.05, 4.69) is 15.1 Å². The fraction of sp³-hybridized carbons (Fsp3) is 0.429. The first-order valence-electron chi connectivity index (χ1n) is 6.77. The molecule has 2 aromatic heterocycles. The first-order valence-corrected chi connectivity index (χ1v) is 6.77. The van der Waals surface area contributed by atoms with E-state index in [0.717, 1.165) is 17.5 Å². The zero-order valence-corrected chi connectivity index (χ0v) is 12.1. The number of methoxy groups -OCH3 is 1. The van der Waals surface area contributed by atoms with Gasteiger partial charge in [0.25, 0.3) is 5.91 Å². The number of carbonyl (C=O) groups excluding carboxylic acids is 1. The summed E-state index contributed by atoms with van der Waals surface area (Å²) in [5.74, 6) is 0.0975. The first kappa shape index (κ1) is 13.7. The van der Waals surface area contributed by atoms with Crippen LogP contribution in [0.15, 0.2) is 18.7 Å². The fourth-order valence-corrected chi connectivity index (χ4v) is 2.60. The van der Waals surface area contributed by atoms with Gasteiger partial charge in [-0.25, -0.2) is 4.98 Å². The van der Waals surface area contributed by atoms with Crippen molar-refractivity contribution in [1.29, 1.82) is 0 Å². The molecule has 0 unspecified atom stereocenters. The van der Waals surface area contributed by atoms with Crippen LogP contribution >= 0.6 is 0 Å². The van der Waals surface area contributed by atoms with Crippen LogP contribution in [0.5, 0.6) is 0 Å². The average molecular weight is 287 g/mol. The quantitative estimate of drug-likeness (QED) is 0.824. The molecule has 2 aromatic rings. The molecule has 0 saturated carbocycles. The van der Waals surface area contributed by atoms with Gasteiger partial charge in [-0.1, -0.05) is 0 Å². The van der Waals surface area contributed by atoms with Crippen LogP contribution in [0.2, 0.25) is 0 Å². The van der Waals surface area contributed by atoms with Crippen molar-refractivity contribution < 1.29 is 9.53 Å². The van der Waals surface area contributed by atoms with E-state index in [1.165, 1.54) is 16.6 Å². The summed E-state index contributed by atoms with van der Waals surface area (Å²) in [5.41, 5.74) is 3.41. The molecule has 0 bridgehead atoms. The second-order valence-electron chi connectivity index (χ2n) is 5.09. The van der Waals surface area contributed by atoms with E-state index in [1.807, 2.05) is 12.4 Å². The van der Waals surface area contributed by atoms with Gasteiger partial charge in [0.15, 0.2) is 0 Å². The van der Waals surface area contributed by atoms with E-state index in [4.69, 9.17) is 4.74 Å². The average Bonchev–Trinajstić information content (AvgIpc) is 2.93. The SMILES string of the molecule is COCc1cncc2c1CCN(C(=O)c1ncn(C)n1)C2. The van der Waals surface area contributed by atoms with E-state index >= 15 is 0 Å². The highest BCUT2D eigenvalue weighted by molar-refractivity contribution is 5.90. The van der Waals surface area contributed by atoms with Gasteiger partial charge in [0, 0.05) is 39.6 Å². The number of fused-ring (bicyclic) bond motifs is 1. The lowest BCUT2D eigenvalue weighted by Crippen LogP contribution is -2.37. The summed E-state index contributed by atoms with van der Waals surface area (Å²) in [5, 5.41) is 4.07. The van der Waals surface area contributed by atoms with Crippen molar-refractivity contribution in [2.24, 2.45) is 7.05 Å². The molecule has 7 nitrogen and oxygen atoms in total. The molecule has 0 atom stereocenters. The maximum atomic E-state index is 12.4. The Labute approximate surface area is 122 Å². The van der Waals surface area contributed by atoms with Gasteiger partial charge in [0.1, 0.15) is 6.33 Å². The molecular formula is C14H17N5O2. The Kier molecular flexibility index (Phi) is 3.66. The van der Waals surface area contributed by atoms with Crippen LogP contribution in [0.1, 0.15) is 27.3 Å². The molecule has 110 valence electrons. The van der Waals surface area contributed by atoms with Crippen molar-refractivity contribution in [2.45, 2.75) is 19.6 Å². The van der Waals surface area contributed by atoms with Crippen molar-refractivity contribution in [2.75, 3.05) is 13.7 Å². The van der Waals surface area contributed by atoms with Crippen LogP contribution in [0.4, 0.5) is 0 Å². The predicted octanol–water partition coefficient (Wildman–Crippen LogP) is 0.555. The van der Waals surface area contributed by atoms with Gasteiger partial charge in [-0.05, 0) is 23.1 Å². The second kappa shape index (κ2) is 5.61. The molecule has 21 heavy (non-hydrogen) atoms. The van der Waals surface area contributed by atoms with Crippen LogP contribution in [0.3, 0.4) is 0 Å². The third-order valence-corrected chi connectivity index (χ3v) is 3.61. The van der Waals surface area contributed by atoms with Gasteiger partial charge in [-0.3, -0.25) is 14.5 Å². The van der Waals surface area contributed by atoms with E-state index in [1.54, 1.807) is 19.1 Å². The third kappa shape index (κ3) is 2.64. The van der Waals surface area contributed by atoms with Gasteiger partial charge in [0.2, 0.25) is 5.82 Å². The number of rotatable bonds is 3. The summed E-state index contributed by atoms with van der Waals surface area (Å²) in [7, 11) is 3.42. The zero-order chi connectivity index (χ0) is 14.8. The maximum absolute atomic E-state index is 12.4. The molecule has 3 heterocycles. The van der Waals surface area contributed by atoms with Gasteiger partial charge >= 0.3 is 0 Å². The minimum absolute atomic E-state index is 0.140. The Balaban J connectivity index is 1.81. The number of hydrogen-bond acceptors (Lipinski definition) is 5. The van der Waals surface area contributed by atoms with Crippen molar-refractivity contribution >= 4 is 5.91 Å². The van der Waals surface area contributed by atoms with Crippen LogP contribution in [-0.2, 0) is 31.4 Å². The smallest absolute Gasteiger partial charge is 0.293 e. The van der Waals surface area contributed by atoms with E-state index in [-0.39, 0.29) is 11.7 Å². The summed E-state index contributed by atoms with van der Waals surface area (Å²) < 4.78 is 6.73. The van der Waals surface area contributed by atoms with Crippen molar-refractivity contribution in [3.63, 3.8) is 0 Å². The molecule has 0 aromatic carbocycles. The number of amides is 1. The second-order valence-corrected chi connectivity index (χ2v) is 5.09. The van der Waals surface area contributed by atoms with Gasteiger partial charge in [-0.2, -0.15) is 0 Å². The molecular weight excluding hydrogens is 270 g/mol. The van der Waals surface area contributed by atoms with E-state index in [9.17, 15) is 4.79 Å². The minimum Gasteiger partial charge on any atom is -0.380 e. The predicted molar refractivity (Wildman–Crippen MR) is 74.4 cm³/mol. The van der Waals surface area contributed by atoms with Crippen LogP contribution in [0.25, 0.3) is 0 Å². The Bertz CT molecular complexity index is 667. The number of pyridine rings is 1. The van der Waals surface area contributed by atoms with Crippen molar-refractivity contribution in [3.8, 4) is 0 Å². The van der Waals surface area contributed by atoms with Crippen molar-refractivity contribution in [1.82, 2.24) is 24.6 Å². The Hall–Kier alpha value is -2.28. The maximum Gasteiger partial charge on any atom is 0.293 e. The molecule has 0 aliphatic carbocycles. The Morgan fingerprint density at radius 1 is 1.43 bits per heavy atom. The molecule has 7 heteroatoms. The molecule has 0 radical (unpaired) electrons. The largest absolute Gasteiger partial charge is 0.380 e. The number of aromatic nitrogens is 4. The normalized spacial score (nSPS) is 14.1. The fourth-order valence-electron chi connectivity index (χ4n) is 2.60. The molecule has 0 fully saturated rings. The number of aryl methyl sites for hydroxylation is 1. The standard InChI is InChI=1S/C14H17N5O2/c1-18-9-16-13(17-18)14(20)19-4-3-12-10(7-19)5-15-6-11(12)8-21-2/h5-6,9H,3-4,7-8H2,1-2H3. The lowest BCUT2D eigenvalue weighted by atomic mass is 9.97. The topological polar surface area (TPSA) is 73.1 Å². The monoisotopic (exact) mass is 287 g/mol. The highest BCUT2D eigenvalue weighted by Crippen LogP contribution is 2.22. The van der Waals surface area contributed by atoms with Gasteiger partial charge in [-0.15, -0.1) is 5.10 Å². The highest BCUT2D eigenvalue weighted by Gasteiger charge is 2.25. The lowest BCUT2D eigenvalue weighted by Gasteiger charge is -2.29. The van der Waals surface area contributed by atoms with Crippen molar-refractivity contribution in [3.05, 3.63) is 41.2 Å². The molecule has 0 saturated heterocycles. The lowest BCUT2D eigenvalue weighted by molar-refractivity contribution is 0.0721. The summed E-state index contributed by atoms with van der Waals surface area (Å²) in [4.78, 5) is 22.4. The number of carbonyl (C=O) groups is 1. The summed E-state index contributed by atoms with van der Waals surface area (Å²) >= 11 is 0. The Morgan fingerprint density at radius 3 is 3.00 bits per heavy atom. The Morgan fingerprint density at radius 2 is 2.29 bits per heavy atom. The molecule has 1 aliphatic rings. The third-order valence-electron chi connectivity index (χ3n) is 3.61. The summed E-state index contributed by atoms with van der Waals surface area (Å²) in [6.07, 6.45) is 5.98. The van der Waals surface area contributed by atoms with E-state index < -0.39 is 0 Å². The van der Waals surface area contributed by atoms with Crippen LogP contribution in [-0.4, -0.2) is 44.2 Å². The minimum atomic E-state index is -0.140. The molecule has 1 amide bonds. The first-order chi connectivity index (χ1) is 10.2. The zero-order valence-electron chi connectivity index (χ0n) is 12.1. The van der Waals surface area contributed by atoms with E-state index in [0.29, 0.717) is 19.7 Å². The van der Waals surface area contributed by atoms with Crippen LogP contribution < -0.4 is 0 Å². The van der Waals surface area contributed by atoms with Gasteiger partial charge < -0.3 is 9.64 Å². The summed E-state index contributed by atoms with van der Waals surface area (Å²) in [6, 6.07) is 0. The number of ether oxygens (including phenoxy) is 1. The number of hydrogen-bond donors (Lipinski definition) is 0. The molecule has 1 aliphatic heterocycles. The molecule has 3 rings (SSSR count). The number of nitrogens with zero attached hydrogens (tertiary/aromatic N) is 5. The van der Waals surface area contributed by atoms with Crippen LogP contribution in [0, 0.1) is 0 Å². The van der Waals surface area contributed by atoms with Gasteiger partial charge in [0.05, 0.1) is 6.61 Å². The summed E-state index contributed by atoms with van der Waals surface area (Å²) in [6.45, 7) is 1.74.